The van der Waals surface area contributed by atoms with Gasteiger partial charge in [0, 0.05) is 3.57 Å². The average molecular weight is 261 g/mol. The Morgan fingerprint density at radius 2 is 2.18 bits per heavy atom. The molecule has 0 aliphatic heterocycles. The summed E-state index contributed by atoms with van der Waals surface area (Å²) in [5, 5.41) is 8.44. The van der Waals surface area contributed by atoms with Crippen molar-refractivity contribution in [3.63, 3.8) is 0 Å². The number of hydrogen-bond acceptors (Lipinski definition) is 1. The minimum absolute atomic E-state index is 0.114. The highest BCUT2D eigenvalue weighted by molar-refractivity contribution is 14.1. The second-order valence-corrected chi connectivity index (χ2v) is 3.36. The van der Waals surface area contributed by atoms with Crippen LogP contribution in [0, 0.1) is 27.6 Å². The lowest BCUT2D eigenvalue weighted by Gasteiger charge is -1.98. The third-order valence-electron chi connectivity index (χ3n) is 1.37. The van der Waals surface area contributed by atoms with E-state index in [4.69, 9.17) is 5.26 Å². The zero-order valence-corrected chi connectivity index (χ0v) is 8.02. The second kappa shape index (κ2) is 3.18. The third kappa shape index (κ3) is 1.69. The lowest BCUT2D eigenvalue weighted by atomic mass is 10.1. The number of rotatable bonds is 0. The quantitative estimate of drug-likeness (QED) is 0.658. The van der Waals surface area contributed by atoms with Gasteiger partial charge < -0.3 is 0 Å². The van der Waals surface area contributed by atoms with Gasteiger partial charge in [0.05, 0.1) is 5.56 Å². The van der Waals surface area contributed by atoms with Gasteiger partial charge in [-0.1, -0.05) is 0 Å². The zero-order chi connectivity index (χ0) is 8.43. The molecule has 0 aromatic heterocycles. The Morgan fingerprint density at radius 1 is 1.55 bits per heavy atom. The van der Waals surface area contributed by atoms with Crippen LogP contribution in [0.25, 0.3) is 0 Å². The van der Waals surface area contributed by atoms with Gasteiger partial charge >= 0.3 is 0 Å². The van der Waals surface area contributed by atoms with Gasteiger partial charge in [-0.25, -0.2) is 4.39 Å². The molecule has 0 aliphatic rings. The number of nitriles is 1. The van der Waals surface area contributed by atoms with Crippen molar-refractivity contribution in [1.82, 2.24) is 0 Å². The first kappa shape index (κ1) is 8.47. The molecule has 0 saturated carbocycles. The van der Waals surface area contributed by atoms with Crippen molar-refractivity contribution in [2.75, 3.05) is 0 Å². The monoisotopic (exact) mass is 261 g/mol. The zero-order valence-electron chi connectivity index (χ0n) is 5.86. The maximum Gasteiger partial charge on any atom is 0.142 e. The molecule has 1 aromatic rings. The van der Waals surface area contributed by atoms with Crippen LogP contribution in [-0.2, 0) is 0 Å². The Hall–Kier alpha value is -0.630. The van der Waals surface area contributed by atoms with Crippen molar-refractivity contribution in [3.8, 4) is 6.07 Å². The van der Waals surface area contributed by atoms with Crippen LogP contribution in [0.3, 0.4) is 0 Å². The molecular weight excluding hydrogens is 256 g/mol. The van der Waals surface area contributed by atoms with Crippen molar-refractivity contribution in [1.29, 1.82) is 5.26 Å². The standard InChI is InChI=1S/C8H5FIN/c1-5-2-6(4-11)7(9)3-8(5)10/h2-3H,1H3. The first-order chi connectivity index (χ1) is 5.15. The van der Waals surface area contributed by atoms with Crippen LogP contribution in [0.15, 0.2) is 12.1 Å². The number of benzene rings is 1. The molecule has 1 nitrogen and oxygen atoms in total. The minimum atomic E-state index is -0.442. The normalized spacial score (nSPS) is 9.27. The van der Waals surface area contributed by atoms with Gasteiger partial charge in [-0.05, 0) is 47.2 Å². The summed E-state index contributed by atoms with van der Waals surface area (Å²) in [6.07, 6.45) is 0. The van der Waals surface area contributed by atoms with Crippen LogP contribution >= 0.6 is 22.6 Å². The van der Waals surface area contributed by atoms with Gasteiger partial charge in [0.1, 0.15) is 11.9 Å². The van der Waals surface area contributed by atoms with Gasteiger partial charge in [-0.15, -0.1) is 0 Å². The first-order valence-electron chi connectivity index (χ1n) is 3.01. The molecule has 0 atom stereocenters. The molecule has 0 aliphatic carbocycles. The SMILES string of the molecule is Cc1cc(C#N)c(F)cc1I. The summed E-state index contributed by atoms with van der Waals surface area (Å²) in [5.41, 5.74) is 1.05. The van der Waals surface area contributed by atoms with Crippen molar-refractivity contribution in [3.05, 3.63) is 32.6 Å². The van der Waals surface area contributed by atoms with Crippen LogP contribution in [0.5, 0.6) is 0 Å². The fraction of sp³-hybridized carbons (Fsp3) is 0.125. The molecule has 0 amide bonds. The lowest BCUT2D eigenvalue weighted by Crippen LogP contribution is -1.88. The van der Waals surface area contributed by atoms with E-state index in [2.05, 4.69) is 0 Å². The third-order valence-corrected chi connectivity index (χ3v) is 2.53. The van der Waals surface area contributed by atoms with E-state index in [-0.39, 0.29) is 5.56 Å². The Labute approximate surface area is 78.0 Å². The fourth-order valence-corrected chi connectivity index (χ4v) is 1.17. The minimum Gasteiger partial charge on any atom is -0.206 e. The summed E-state index contributed by atoms with van der Waals surface area (Å²) >= 11 is 2.03. The van der Waals surface area contributed by atoms with Crippen molar-refractivity contribution >= 4 is 22.6 Å². The Kier molecular flexibility index (Phi) is 2.45. The highest BCUT2D eigenvalue weighted by Gasteiger charge is 2.03. The predicted molar refractivity (Wildman–Crippen MR) is 48.6 cm³/mol. The summed E-state index contributed by atoms with van der Waals surface area (Å²) in [4.78, 5) is 0. The van der Waals surface area contributed by atoms with Gasteiger partial charge in [0.15, 0.2) is 0 Å². The van der Waals surface area contributed by atoms with Gasteiger partial charge in [-0.2, -0.15) is 5.26 Å². The molecule has 0 fully saturated rings. The first-order valence-corrected chi connectivity index (χ1v) is 4.09. The van der Waals surface area contributed by atoms with E-state index in [9.17, 15) is 4.39 Å². The summed E-state index contributed by atoms with van der Waals surface area (Å²) in [5.74, 6) is -0.442. The molecule has 0 radical (unpaired) electrons. The predicted octanol–water partition coefficient (Wildman–Crippen LogP) is 2.61. The molecule has 0 unspecified atom stereocenters. The van der Waals surface area contributed by atoms with Crippen molar-refractivity contribution < 1.29 is 4.39 Å². The van der Waals surface area contributed by atoms with E-state index in [1.807, 2.05) is 29.5 Å². The van der Waals surface area contributed by atoms with Crippen LogP contribution < -0.4 is 0 Å². The summed E-state index contributed by atoms with van der Waals surface area (Å²) < 4.78 is 13.6. The van der Waals surface area contributed by atoms with Gasteiger partial charge in [0.2, 0.25) is 0 Å². The molecular formula is C8H5FIN. The molecule has 0 heterocycles. The highest BCUT2D eigenvalue weighted by atomic mass is 127. The number of aryl methyl sites for hydroxylation is 1. The van der Waals surface area contributed by atoms with E-state index in [0.29, 0.717) is 0 Å². The van der Waals surface area contributed by atoms with E-state index in [0.717, 1.165) is 9.13 Å². The molecule has 0 saturated heterocycles. The molecule has 0 bridgehead atoms. The molecule has 0 spiro atoms. The smallest absolute Gasteiger partial charge is 0.142 e. The van der Waals surface area contributed by atoms with E-state index < -0.39 is 5.82 Å². The summed E-state index contributed by atoms with van der Waals surface area (Å²) in [7, 11) is 0. The number of nitrogens with zero attached hydrogens (tertiary/aromatic N) is 1. The van der Waals surface area contributed by atoms with Crippen LogP contribution in [-0.4, -0.2) is 0 Å². The maximum atomic E-state index is 12.8. The van der Waals surface area contributed by atoms with Crippen molar-refractivity contribution in [2.45, 2.75) is 6.92 Å². The largest absolute Gasteiger partial charge is 0.206 e. The molecule has 0 N–H and O–H groups in total. The Balaban J connectivity index is 3.35. The fourth-order valence-electron chi connectivity index (χ4n) is 0.743. The number of halogens is 2. The van der Waals surface area contributed by atoms with Gasteiger partial charge in [0.25, 0.3) is 0 Å². The molecule has 56 valence electrons. The van der Waals surface area contributed by atoms with Crippen LogP contribution in [0.4, 0.5) is 4.39 Å². The molecule has 3 heteroatoms. The lowest BCUT2D eigenvalue weighted by molar-refractivity contribution is 0.622. The Bertz CT molecular complexity index is 328. The van der Waals surface area contributed by atoms with Crippen LogP contribution in [0.1, 0.15) is 11.1 Å². The summed E-state index contributed by atoms with van der Waals surface area (Å²) in [6.45, 7) is 1.85. The maximum absolute atomic E-state index is 12.8. The molecule has 11 heavy (non-hydrogen) atoms. The van der Waals surface area contributed by atoms with E-state index >= 15 is 0 Å². The van der Waals surface area contributed by atoms with E-state index in [1.165, 1.54) is 6.07 Å². The van der Waals surface area contributed by atoms with Crippen molar-refractivity contribution in [2.24, 2.45) is 0 Å². The summed E-state index contributed by atoms with van der Waals surface area (Å²) in [6, 6.07) is 4.71. The topological polar surface area (TPSA) is 23.8 Å². The average Bonchev–Trinajstić information content (AvgIpc) is 1.97. The molecule has 1 aromatic carbocycles. The second-order valence-electron chi connectivity index (χ2n) is 2.19. The molecule has 1 rings (SSSR count). The van der Waals surface area contributed by atoms with E-state index in [1.54, 1.807) is 12.1 Å². The number of hydrogen-bond donors (Lipinski definition) is 0. The van der Waals surface area contributed by atoms with Gasteiger partial charge in [-0.3, -0.25) is 0 Å². The Morgan fingerprint density at radius 3 is 2.73 bits per heavy atom. The highest BCUT2D eigenvalue weighted by Crippen LogP contribution is 2.16. The van der Waals surface area contributed by atoms with Crippen LogP contribution in [0.2, 0.25) is 0 Å².